The Morgan fingerprint density at radius 3 is 2.86 bits per heavy atom. The highest BCUT2D eigenvalue weighted by Crippen LogP contribution is 2.23. The molecule has 0 radical (unpaired) electrons. The molecule has 0 aliphatic rings. The van der Waals surface area contributed by atoms with Gasteiger partial charge in [0.15, 0.2) is 0 Å². The smallest absolute Gasteiger partial charge is 0.227 e. The number of rotatable bonds is 4. The predicted octanol–water partition coefficient (Wildman–Crippen LogP) is 4.20. The number of benzene rings is 1. The van der Waals surface area contributed by atoms with Gasteiger partial charge in [0.1, 0.15) is 0 Å². The van der Waals surface area contributed by atoms with Crippen molar-refractivity contribution in [3.8, 4) is 0 Å². The van der Waals surface area contributed by atoms with Crippen LogP contribution >= 0.6 is 27.3 Å². The summed E-state index contributed by atoms with van der Waals surface area (Å²) in [4.78, 5) is 14.3. The fourth-order valence-corrected chi connectivity index (χ4v) is 3.86. The van der Waals surface area contributed by atoms with E-state index in [0.29, 0.717) is 13.0 Å². The highest BCUT2D eigenvalue weighted by Gasteiger charge is 2.14. The van der Waals surface area contributed by atoms with Crippen LogP contribution in [0.15, 0.2) is 45.7 Å². The molecule has 3 aromatic rings. The molecule has 0 unspecified atom stereocenters. The van der Waals surface area contributed by atoms with Gasteiger partial charge in [-0.05, 0) is 44.6 Å². The first-order valence-electron chi connectivity index (χ1n) is 7.04. The lowest BCUT2D eigenvalue weighted by Crippen LogP contribution is -2.27. The number of hydrogen-bond donors (Lipinski definition) is 0. The molecule has 2 aromatic heterocycles. The first-order chi connectivity index (χ1) is 10.5. The molecule has 5 heteroatoms. The molecule has 0 saturated heterocycles. The predicted molar refractivity (Wildman–Crippen MR) is 95.1 cm³/mol. The molecule has 0 aliphatic carbocycles. The largest absolute Gasteiger partial charge is 0.350 e. The molecule has 1 aromatic carbocycles. The van der Waals surface area contributed by atoms with E-state index in [9.17, 15) is 4.79 Å². The van der Waals surface area contributed by atoms with Crippen LogP contribution < -0.4 is 0 Å². The number of nitrogens with zero attached hydrogens (tertiary/aromatic N) is 2. The highest BCUT2D eigenvalue weighted by atomic mass is 79.9. The zero-order valence-electron chi connectivity index (χ0n) is 12.5. The minimum Gasteiger partial charge on any atom is -0.350 e. The number of likely N-dealkylation sites (N-methyl/N-ethyl adjacent to an activating group) is 1. The number of aryl methyl sites for hydroxylation is 1. The van der Waals surface area contributed by atoms with Crippen molar-refractivity contribution in [2.24, 2.45) is 7.05 Å². The minimum atomic E-state index is 0.138. The van der Waals surface area contributed by atoms with E-state index in [-0.39, 0.29) is 5.91 Å². The monoisotopic (exact) mass is 376 g/mol. The second-order valence-electron chi connectivity index (χ2n) is 5.47. The van der Waals surface area contributed by atoms with Gasteiger partial charge in [0.05, 0.1) is 10.2 Å². The third-order valence-electron chi connectivity index (χ3n) is 3.79. The molecule has 114 valence electrons. The topological polar surface area (TPSA) is 25.2 Å². The summed E-state index contributed by atoms with van der Waals surface area (Å²) in [5.41, 5.74) is 3.40. The van der Waals surface area contributed by atoms with Crippen molar-refractivity contribution in [1.82, 2.24) is 9.47 Å². The molecule has 0 fully saturated rings. The lowest BCUT2D eigenvalue weighted by atomic mass is 10.1. The second-order valence-corrected chi connectivity index (χ2v) is 7.76. The van der Waals surface area contributed by atoms with Crippen molar-refractivity contribution < 1.29 is 4.79 Å². The first-order valence-corrected chi connectivity index (χ1v) is 8.71. The van der Waals surface area contributed by atoms with Gasteiger partial charge in [-0.15, -0.1) is 11.3 Å². The summed E-state index contributed by atoms with van der Waals surface area (Å²) < 4.78 is 3.17. The molecule has 0 spiro atoms. The maximum atomic E-state index is 12.5. The standard InChI is InChI=1S/C17H17BrN2OS/c1-19-10-13(14-5-3-4-6-15(14)19)8-17(21)20(2)9-12-7-16(18)22-11-12/h3-7,10-11H,8-9H2,1-2H3. The lowest BCUT2D eigenvalue weighted by molar-refractivity contribution is -0.129. The summed E-state index contributed by atoms with van der Waals surface area (Å²) in [5, 5.41) is 3.23. The second kappa shape index (κ2) is 6.26. The molecule has 0 saturated carbocycles. The van der Waals surface area contributed by atoms with Gasteiger partial charge in [-0.1, -0.05) is 18.2 Å². The summed E-state index contributed by atoms with van der Waals surface area (Å²) in [7, 11) is 3.88. The van der Waals surface area contributed by atoms with E-state index in [1.165, 1.54) is 0 Å². The lowest BCUT2D eigenvalue weighted by Gasteiger charge is -2.16. The number of fused-ring (bicyclic) bond motifs is 1. The third kappa shape index (κ3) is 3.10. The molecule has 0 aliphatic heterocycles. The molecule has 3 rings (SSSR count). The van der Waals surface area contributed by atoms with Crippen LogP contribution in [0.25, 0.3) is 10.9 Å². The van der Waals surface area contributed by atoms with E-state index in [2.05, 4.69) is 50.3 Å². The number of aromatic nitrogens is 1. The van der Waals surface area contributed by atoms with Crippen LogP contribution in [0.2, 0.25) is 0 Å². The Labute approximate surface area is 142 Å². The van der Waals surface area contributed by atoms with E-state index >= 15 is 0 Å². The van der Waals surface area contributed by atoms with Gasteiger partial charge in [-0.3, -0.25) is 4.79 Å². The summed E-state index contributed by atoms with van der Waals surface area (Å²) in [5.74, 6) is 0.138. The number of thiophene rings is 1. The molecule has 3 nitrogen and oxygen atoms in total. The van der Waals surface area contributed by atoms with E-state index in [1.807, 2.05) is 26.2 Å². The van der Waals surface area contributed by atoms with Gasteiger partial charge >= 0.3 is 0 Å². The normalized spacial score (nSPS) is 11.0. The fraction of sp³-hybridized carbons (Fsp3) is 0.235. The van der Waals surface area contributed by atoms with Crippen molar-refractivity contribution in [2.45, 2.75) is 13.0 Å². The van der Waals surface area contributed by atoms with Crippen molar-refractivity contribution in [3.05, 3.63) is 56.8 Å². The highest BCUT2D eigenvalue weighted by molar-refractivity contribution is 9.11. The Morgan fingerprint density at radius 1 is 1.36 bits per heavy atom. The summed E-state index contributed by atoms with van der Waals surface area (Å²) >= 11 is 5.10. The Morgan fingerprint density at radius 2 is 2.14 bits per heavy atom. The van der Waals surface area contributed by atoms with Crippen LogP contribution in [-0.2, 0) is 24.8 Å². The van der Waals surface area contributed by atoms with Crippen molar-refractivity contribution >= 4 is 44.1 Å². The zero-order chi connectivity index (χ0) is 15.7. The van der Waals surface area contributed by atoms with Gasteiger partial charge in [0.25, 0.3) is 0 Å². The van der Waals surface area contributed by atoms with E-state index in [0.717, 1.165) is 25.8 Å². The van der Waals surface area contributed by atoms with Crippen LogP contribution in [0, 0.1) is 0 Å². The van der Waals surface area contributed by atoms with Gasteiger partial charge in [-0.25, -0.2) is 0 Å². The maximum Gasteiger partial charge on any atom is 0.227 e. The molecule has 0 atom stereocenters. The van der Waals surface area contributed by atoms with Crippen LogP contribution in [0.4, 0.5) is 0 Å². The van der Waals surface area contributed by atoms with Crippen molar-refractivity contribution in [2.75, 3.05) is 7.05 Å². The zero-order valence-corrected chi connectivity index (χ0v) is 14.9. The molecular weight excluding hydrogens is 360 g/mol. The van der Waals surface area contributed by atoms with Gasteiger partial charge in [0, 0.05) is 37.7 Å². The minimum absolute atomic E-state index is 0.138. The van der Waals surface area contributed by atoms with Gasteiger partial charge in [0.2, 0.25) is 5.91 Å². The first kappa shape index (κ1) is 15.3. The summed E-state index contributed by atoms with van der Waals surface area (Å²) in [6.45, 7) is 0.645. The Hall–Kier alpha value is -1.59. The van der Waals surface area contributed by atoms with Crippen molar-refractivity contribution in [1.29, 1.82) is 0 Å². The number of halogens is 1. The van der Waals surface area contributed by atoms with E-state index in [1.54, 1.807) is 16.2 Å². The summed E-state index contributed by atoms with van der Waals surface area (Å²) in [6, 6.07) is 10.3. The number of amides is 1. The Balaban J connectivity index is 1.75. The number of carbonyl (C=O) groups excluding carboxylic acids is 1. The molecular formula is C17H17BrN2OS. The molecule has 2 heterocycles. The van der Waals surface area contributed by atoms with Gasteiger partial charge in [-0.2, -0.15) is 0 Å². The molecule has 0 N–H and O–H groups in total. The number of carbonyl (C=O) groups is 1. The third-order valence-corrected chi connectivity index (χ3v) is 5.34. The Kier molecular flexibility index (Phi) is 4.36. The van der Waals surface area contributed by atoms with Gasteiger partial charge < -0.3 is 9.47 Å². The quantitative estimate of drug-likeness (QED) is 0.669. The van der Waals surface area contributed by atoms with Crippen LogP contribution in [0.5, 0.6) is 0 Å². The molecule has 22 heavy (non-hydrogen) atoms. The number of para-hydroxylation sites is 1. The van der Waals surface area contributed by atoms with E-state index in [4.69, 9.17) is 0 Å². The Bertz CT molecular complexity index is 821. The average Bonchev–Trinajstić information content (AvgIpc) is 3.04. The van der Waals surface area contributed by atoms with Crippen LogP contribution in [0.3, 0.4) is 0 Å². The average molecular weight is 377 g/mol. The maximum absolute atomic E-state index is 12.5. The molecule has 0 bridgehead atoms. The van der Waals surface area contributed by atoms with E-state index < -0.39 is 0 Å². The van der Waals surface area contributed by atoms with Crippen LogP contribution in [0.1, 0.15) is 11.1 Å². The SMILES string of the molecule is CN(Cc1csc(Br)c1)C(=O)Cc1cn(C)c2ccccc12. The van der Waals surface area contributed by atoms with Crippen LogP contribution in [-0.4, -0.2) is 22.4 Å². The number of hydrogen-bond acceptors (Lipinski definition) is 2. The summed E-state index contributed by atoms with van der Waals surface area (Å²) in [6.07, 6.45) is 2.49. The fourth-order valence-electron chi connectivity index (χ4n) is 2.66. The van der Waals surface area contributed by atoms with Crippen molar-refractivity contribution in [3.63, 3.8) is 0 Å². The molecule has 1 amide bonds.